The molecule has 3 heteroatoms. The van der Waals surface area contributed by atoms with Crippen LogP contribution in [0.5, 0.6) is 0 Å². The van der Waals surface area contributed by atoms with E-state index in [0.717, 1.165) is 11.8 Å². The molecule has 1 aromatic rings. The second-order valence-corrected chi connectivity index (χ2v) is 4.52. The summed E-state index contributed by atoms with van der Waals surface area (Å²) < 4.78 is 0. The maximum atomic E-state index is 12.0. The van der Waals surface area contributed by atoms with Crippen molar-refractivity contribution in [1.29, 1.82) is 0 Å². The molecule has 0 saturated carbocycles. The third kappa shape index (κ3) is 4.81. The quantitative estimate of drug-likeness (QED) is 0.704. The van der Waals surface area contributed by atoms with Crippen molar-refractivity contribution in [3.05, 3.63) is 35.9 Å². The number of benzene rings is 1. The minimum atomic E-state index is 0.0111. The van der Waals surface area contributed by atoms with Crippen LogP contribution in [-0.4, -0.2) is 30.2 Å². The van der Waals surface area contributed by atoms with Gasteiger partial charge in [0, 0.05) is 6.54 Å². The van der Waals surface area contributed by atoms with Crippen molar-refractivity contribution in [2.75, 3.05) is 13.1 Å². The number of rotatable bonds is 6. The predicted octanol–water partition coefficient (Wildman–Crippen LogP) is 1.91. The van der Waals surface area contributed by atoms with Gasteiger partial charge in [-0.15, -0.1) is 0 Å². The topological polar surface area (TPSA) is 37.4 Å². The third-order valence-electron chi connectivity index (χ3n) is 2.43. The van der Waals surface area contributed by atoms with Gasteiger partial charge in [-0.25, -0.2) is 0 Å². The molecular weight excluding hydrogens is 214 g/mol. The van der Waals surface area contributed by atoms with Gasteiger partial charge in [-0.1, -0.05) is 44.2 Å². The van der Waals surface area contributed by atoms with Crippen LogP contribution >= 0.6 is 0 Å². The number of carbonyl (C=O) groups excluding carboxylic acids is 2. The molecule has 1 amide bonds. The van der Waals surface area contributed by atoms with Crippen LogP contribution in [0.1, 0.15) is 19.4 Å². The van der Waals surface area contributed by atoms with Gasteiger partial charge in [0.05, 0.1) is 13.0 Å². The minimum Gasteiger partial charge on any atom is -0.335 e. The fourth-order valence-electron chi connectivity index (χ4n) is 1.69. The zero-order valence-corrected chi connectivity index (χ0v) is 10.4. The molecule has 3 nitrogen and oxygen atoms in total. The van der Waals surface area contributed by atoms with Gasteiger partial charge < -0.3 is 9.69 Å². The summed E-state index contributed by atoms with van der Waals surface area (Å²) in [7, 11) is 0. The molecule has 0 fully saturated rings. The van der Waals surface area contributed by atoms with Crippen molar-refractivity contribution < 1.29 is 9.59 Å². The van der Waals surface area contributed by atoms with E-state index in [9.17, 15) is 9.59 Å². The van der Waals surface area contributed by atoms with E-state index in [0.29, 0.717) is 18.9 Å². The lowest BCUT2D eigenvalue weighted by molar-refractivity contribution is -0.133. The highest BCUT2D eigenvalue weighted by Crippen LogP contribution is 2.05. The second-order valence-electron chi connectivity index (χ2n) is 4.52. The van der Waals surface area contributed by atoms with E-state index in [1.54, 1.807) is 4.90 Å². The lowest BCUT2D eigenvalue weighted by atomic mass is 10.1. The summed E-state index contributed by atoms with van der Waals surface area (Å²) in [6.45, 7) is 4.88. The van der Waals surface area contributed by atoms with Gasteiger partial charge in [-0.05, 0) is 11.5 Å². The molecule has 0 atom stereocenters. The van der Waals surface area contributed by atoms with Crippen molar-refractivity contribution in [3.63, 3.8) is 0 Å². The molecule has 0 aromatic heterocycles. The first kappa shape index (κ1) is 13.4. The third-order valence-corrected chi connectivity index (χ3v) is 2.43. The molecule has 0 radical (unpaired) electrons. The van der Waals surface area contributed by atoms with Gasteiger partial charge >= 0.3 is 0 Å². The van der Waals surface area contributed by atoms with Crippen LogP contribution in [-0.2, 0) is 16.0 Å². The van der Waals surface area contributed by atoms with Crippen molar-refractivity contribution >= 4 is 12.2 Å². The monoisotopic (exact) mass is 233 g/mol. The van der Waals surface area contributed by atoms with E-state index in [-0.39, 0.29) is 12.5 Å². The lowest BCUT2D eigenvalue weighted by Gasteiger charge is -2.22. The van der Waals surface area contributed by atoms with E-state index in [4.69, 9.17) is 0 Å². The molecule has 0 spiro atoms. The highest BCUT2D eigenvalue weighted by Gasteiger charge is 2.14. The summed E-state index contributed by atoms with van der Waals surface area (Å²) in [4.78, 5) is 24.2. The Bertz CT molecular complexity index is 360. The first-order valence-corrected chi connectivity index (χ1v) is 5.88. The van der Waals surface area contributed by atoms with E-state index in [1.807, 2.05) is 44.2 Å². The summed E-state index contributed by atoms with van der Waals surface area (Å²) in [6, 6.07) is 9.59. The van der Waals surface area contributed by atoms with Crippen LogP contribution < -0.4 is 0 Å². The predicted molar refractivity (Wildman–Crippen MR) is 67.6 cm³/mol. The van der Waals surface area contributed by atoms with Crippen molar-refractivity contribution in [3.8, 4) is 0 Å². The molecule has 0 heterocycles. The lowest BCUT2D eigenvalue weighted by Crippen LogP contribution is -2.36. The zero-order chi connectivity index (χ0) is 12.7. The van der Waals surface area contributed by atoms with E-state index >= 15 is 0 Å². The molecule has 0 bridgehead atoms. The molecule has 17 heavy (non-hydrogen) atoms. The van der Waals surface area contributed by atoms with Crippen molar-refractivity contribution in [2.24, 2.45) is 5.92 Å². The Kier molecular flexibility index (Phi) is 5.40. The fraction of sp³-hybridized carbons (Fsp3) is 0.429. The molecule has 92 valence electrons. The molecule has 0 unspecified atom stereocenters. The summed E-state index contributed by atoms with van der Waals surface area (Å²) in [5, 5.41) is 0. The number of aldehydes is 1. The average molecular weight is 233 g/mol. The van der Waals surface area contributed by atoms with Crippen molar-refractivity contribution in [2.45, 2.75) is 20.3 Å². The van der Waals surface area contributed by atoms with E-state index < -0.39 is 0 Å². The highest BCUT2D eigenvalue weighted by atomic mass is 16.2. The van der Waals surface area contributed by atoms with Crippen LogP contribution in [0.2, 0.25) is 0 Å². The average Bonchev–Trinajstić information content (AvgIpc) is 2.29. The van der Waals surface area contributed by atoms with Gasteiger partial charge in [0.2, 0.25) is 5.91 Å². The summed E-state index contributed by atoms with van der Waals surface area (Å²) in [5.74, 6) is 0.381. The highest BCUT2D eigenvalue weighted by molar-refractivity contribution is 5.80. The molecule has 1 rings (SSSR count). The molecule has 0 aliphatic rings. The molecule has 0 aliphatic heterocycles. The van der Waals surface area contributed by atoms with Gasteiger partial charge in [-0.3, -0.25) is 4.79 Å². The number of nitrogens with zero attached hydrogens (tertiary/aromatic N) is 1. The smallest absolute Gasteiger partial charge is 0.227 e. The van der Waals surface area contributed by atoms with Gasteiger partial charge in [0.1, 0.15) is 6.29 Å². The Hall–Kier alpha value is -1.64. The summed E-state index contributed by atoms with van der Waals surface area (Å²) in [6.07, 6.45) is 1.15. The standard InChI is InChI=1S/C14H19NO2/c1-12(2)11-15(8-9-16)14(17)10-13-6-4-3-5-7-13/h3-7,9,12H,8,10-11H2,1-2H3. The zero-order valence-electron chi connectivity index (χ0n) is 10.4. The Labute approximate surface area is 102 Å². The normalized spacial score (nSPS) is 10.3. The first-order chi connectivity index (χ1) is 8.13. The van der Waals surface area contributed by atoms with Crippen LogP contribution in [0.25, 0.3) is 0 Å². The molecule has 0 saturated heterocycles. The first-order valence-electron chi connectivity index (χ1n) is 5.88. The molecule has 0 N–H and O–H groups in total. The maximum absolute atomic E-state index is 12.0. The largest absolute Gasteiger partial charge is 0.335 e. The number of hydrogen-bond acceptors (Lipinski definition) is 2. The SMILES string of the molecule is CC(C)CN(CC=O)C(=O)Cc1ccccc1. The molecular formula is C14H19NO2. The van der Waals surface area contributed by atoms with Gasteiger partial charge in [0.25, 0.3) is 0 Å². The van der Waals surface area contributed by atoms with Gasteiger partial charge in [-0.2, -0.15) is 0 Å². The molecule has 0 aliphatic carbocycles. The number of amides is 1. The van der Waals surface area contributed by atoms with E-state index in [2.05, 4.69) is 0 Å². The Morgan fingerprint density at radius 3 is 2.47 bits per heavy atom. The van der Waals surface area contributed by atoms with Crippen LogP contribution in [0.15, 0.2) is 30.3 Å². The van der Waals surface area contributed by atoms with Crippen molar-refractivity contribution in [1.82, 2.24) is 4.90 Å². The fourth-order valence-corrected chi connectivity index (χ4v) is 1.69. The van der Waals surface area contributed by atoms with Crippen LogP contribution in [0.4, 0.5) is 0 Å². The number of carbonyl (C=O) groups is 2. The Morgan fingerprint density at radius 1 is 1.29 bits per heavy atom. The molecule has 1 aromatic carbocycles. The maximum Gasteiger partial charge on any atom is 0.227 e. The van der Waals surface area contributed by atoms with Gasteiger partial charge in [0.15, 0.2) is 0 Å². The van der Waals surface area contributed by atoms with Crippen LogP contribution in [0.3, 0.4) is 0 Å². The number of hydrogen-bond donors (Lipinski definition) is 0. The van der Waals surface area contributed by atoms with Crippen LogP contribution in [0, 0.1) is 5.92 Å². The Balaban J connectivity index is 2.62. The van der Waals surface area contributed by atoms with E-state index in [1.165, 1.54) is 0 Å². The summed E-state index contributed by atoms with van der Waals surface area (Å²) >= 11 is 0. The second kappa shape index (κ2) is 6.84. The summed E-state index contributed by atoms with van der Waals surface area (Å²) in [5.41, 5.74) is 0.983. The minimum absolute atomic E-state index is 0.0111. The Morgan fingerprint density at radius 2 is 1.94 bits per heavy atom.